The molecule has 0 radical (unpaired) electrons. The highest BCUT2D eigenvalue weighted by Gasteiger charge is 2.44. The predicted octanol–water partition coefficient (Wildman–Crippen LogP) is -2.45. The van der Waals surface area contributed by atoms with E-state index in [1.807, 2.05) is 0 Å². The van der Waals surface area contributed by atoms with Crippen LogP contribution in [0.25, 0.3) is 0 Å². The van der Waals surface area contributed by atoms with Crippen molar-refractivity contribution in [2.24, 2.45) is 11.1 Å². The summed E-state index contributed by atoms with van der Waals surface area (Å²) in [5.74, 6) is 0. The van der Waals surface area contributed by atoms with Crippen LogP contribution in [-0.2, 0) is 10.1 Å². The van der Waals surface area contributed by atoms with Gasteiger partial charge in [-0.15, -0.1) is 0 Å². The molecule has 8 heteroatoms. The Morgan fingerprint density at radius 3 is 1.73 bits per heavy atom. The zero-order chi connectivity index (χ0) is 12.1. The van der Waals surface area contributed by atoms with Crippen molar-refractivity contribution in [2.45, 2.75) is 11.7 Å². The number of aliphatic hydroxyl groups is 3. The van der Waals surface area contributed by atoms with Crippen LogP contribution >= 0.6 is 0 Å². The molecule has 0 bridgehead atoms. The van der Waals surface area contributed by atoms with Crippen molar-refractivity contribution >= 4 is 10.1 Å². The van der Waals surface area contributed by atoms with Crippen molar-refractivity contribution in [3.63, 3.8) is 0 Å². The SMILES string of the molecule is NCCC(C(CO)(CO)CO)S(=O)(=O)O. The van der Waals surface area contributed by atoms with Crippen molar-refractivity contribution in [3.8, 4) is 0 Å². The fraction of sp³-hybridized carbons (Fsp3) is 1.00. The summed E-state index contributed by atoms with van der Waals surface area (Å²) in [6.07, 6.45) is -0.152. The molecule has 0 aromatic carbocycles. The van der Waals surface area contributed by atoms with Crippen LogP contribution in [0, 0.1) is 5.41 Å². The van der Waals surface area contributed by atoms with E-state index in [0.717, 1.165) is 0 Å². The fourth-order valence-corrected chi connectivity index (χ4v) is 2.67. The third-order valence-electron chi connectivity index (χ3n) is 2.42. The van der Waals surface area contributed by atoms with Crippen LogP contribution in [0.15, 0.2) is 0 Å². The molecular formula is C7H17NO6S. The highest BCUT2D eigenvalue weighted by molar-refractivity contribution is 7.86. The third-order valence-corrected chi connectivity index (χ3v) is 3.87. The van der Waals surface area contributed by atoms with Gasteiger partial charge < -0.3 is 21.1 Å². The van der Waals surface area contributed by atoms with Gasteiger partial charge in [-0.25, -0.2) is 0 Å². The van der Waals surface area contributed by atoms with E-state index < -0.39 is 40.6 Å². The van der Waals surface area contributed by atoms with Gasteiger partial charge in [0.05, 0.1) is 30.5 Å². The first-order valence-corrected chi connectivity index (χ1v) is 5.87. The molecule has 0 aliphatic heterocycles. The van der Waals surface area contributed by atoms with Gasteiger partial charge in [0.25, 0.3) is 10.1 Å². The minimum Gasteiger partial charge on any atom is -0.396 e. The van der Waals surface area contributed by atoms with Crippen molar-refractivity contribution in [2.75, 3.05) is 26.4 Å². The van der Waals surface area contributed by atoms with E-state index in [2.05, 4.69) is 0 Å². The normalized spacial score (nSPS) is 15.3. The minimum absolute atomic E-state index is 0.0494. The standard InChI is InChI=1S/C7H17NO6S/c8-2-1-6(15(12,13)14)7(3-9,4-10)5-11/h6,9-11H,1-5,8H2,(H,12,13,14). The molecule has 92 valence electrons. The van der Waals surface area contributed by atoms with E-state index in [-0.39, 0.29) is 13.0 Å². The average Bonchev–Trinajstić information content (AvgIpc) is 2.18. The van der Waals surface area contributed by atoms with Crippen molar-refractivity contribution in [1.29, 1.82) is 0 Å². The second-order valence-electron chi connectivity index (χ2n) is 3.42. The molecule has 0 spiro atoms. The Kier molecular flexibility index (Phi) is 5.63. The molecule has 6 N–H and O–H groups in total. The van der Waals surface area contributed by atoms with E-state index in [1.165, 1.54) is 0 Å². The predicted molar refractivity (Wildman–Crippen MR) is 52.7 cm³/mol. The molecule has 0 aromatic heterocycles. The lowest BCUT2D eigenvalue weighted by atomic mass is 9.85. The lowest BCUT2D eigenvalue weighted by Gasteiger charge is -2.33. The summed E-state index contributed by atoms with van der Waals surface area (Å²) in [5, 5.41) is 25.5. The molecule has 0 fully saturated rings. The van der Waals surface area contributed by atoms with Gasteiger partial charge in [-0.3, -0.25) is 4.55 Å². The van der Waals surface area contributed by atoms with E-state index in [0.29, 0.717) is 0 Å². The highest BCUT2D eigenvalue weighted by Crippen LogP contribution is 2.28. The van der Waals surface area contributed by atoms with Gasteiger partial charge in [0.2, 0.25) is 0 Å². The Bertz CT molecular complexity index is 265. The lowest BCUT2D eigenvalue weighted by molar-refractivity contribution is -0.000239. The van der Waals surface area contributed by atoms with Crippen LogP contribution in [0.4, 0.5) is 0 Å². The Labute approximate surface area is 88.3 Å². The zero-order valence-corrected chi connectivity index (χ0v) is 9.02. The fourth-order valence-electron chi connectivity index (χ4n) is 1.38. The molecule has 0 heterocycles. The summed E-state index contributed by atoms with van der Waals surface area (Å²) in [4.78, 5) is 0. The maximum Gasteiger partial charge on any atom is 0.268 e. The van der Waals surface area contributed by atoms with Crippen LogP contribution < -0.4 is 5.73 Å². The molecule has 15 heavy (non-hydrogen) atoms. The van der Waals surface area contributed by atoms with Crippen LogP contribution in [0.1, 0.15) is 6.42 Å². The van der Waals surface area contributed by atoms with E-state index in [9.17, 15) is 8.42 Å². The maximum absolute atomic E-state index is 11.0. The maximum atomic E-state index is 11.0. The van der Waals surface area contributed by atoms with E-state index in [1.54, 1.807) is 0 Å². The van der Waals surface area contributed by atoms with Crippen LogP contribution in [0.5, 0.6) is 0 Å². The largest absolute Gasteiger partial charge is 0.396 e. The average molecular weight is 243 g/mol. The molecule has 0 aliphatic carbocycles. The number of hydrogen-bond acceptors (Lipinski definition) is 6. The molecule has 1 unspecified atom stereocenters. The van der Waals surface area contributed by atoms with Crippen LogP contribution in [0.3, 0.4) is 0 Å². The summed E-state index contributed by atoms with van der Waals surface area (Å²) >= 11 is 0. The number of nitrogens with two attached hydrogens (primary N) is 1. The van der Waals surface area contributed by atoms with Crippen LogP contribution in [-0.4, -0.2) is 59.9 Å². The second-order valence-corrected chi connectivity index (χ2v) is 5.02. The van der Waals surface area contributed by atoms with Gasteiger partial charge in [-0.05, 0) is 13.0 Å². The highest BCUT2D eigenvalue weighted by atomic mass is 32.2. The first-order valence-electron chi connectivity index (χ1n) is 4.37. The van der Waals surface area contributed by atoms with Gasteiger partial charge in [-0.2, -0.15) is 8.42 Å². The van der Waals surface area contributed by atoms with Gasteiger partial charge in [0.15, 0.2) is 0 Å². The Hall–Kier alpha value is -0.250. The number of hydrogen-bond donors (Lipinski definition) is 5. The number of aliphatic hydroxyl groups excluding tert-OH is 3. The Morgan fingerprint density at radius 2 is 1.53 bits per heavy atom. The molecule has 0 saturated carbocycles. The van der Waals surface area contributed by atoms with Gasteiger partial charge in [0, 0.05) is 0 Å². The van der Waals surface area contributed by atoms with E-state index in [4.69, 9.17) is 25.6 Å². The summed E-state index contributed by atoms with van der Waals surface area (Å²) in [7, 11) is -4.48. The molecule has 0 aromatic rings. The van der Waals surface area contributed by atoms with Crippen molar-refractivity contribution < 1.29 is 28.3 Å². The molecule has 0 rings (SSSR count). The van der Waals surface area contributed by atoms with Gasteiger partial charge >= 0.3 is 0 Å². The molecule has 7 nitrogen and oxygen atoms in total. The topological polar surface area (TPSA) is 141 Å². The molecule has 0 amide bonds. The summed E-state index contributed by atoms with van der Waals surface area (Å²) in [6.45, 7) is -2.33. The van der Waals surface area contributed by atoms with Crippen LogP contribution in [0.2, 0.25) is 0 Å². The van der Waals surface area contributed by atoms with Crippen molar-refractivity contribution in [1.82, 2.24) is 0 Å². The molecule has 0 aliphatic rings. The summed E-state index contributed by atoms with van der Waals surface area (Å²) < 4.78 is 30.9. The third kappa shape index (κ3) is 3.37. The van der Waals surface area contributed by atoms with Gasteiger partial charge in [0.1, 0.15) is 0 Å². The zero-order valence-electron chi connectivity index (χ0n) is 8.20. The summed E-state index contributed by atoms with van der Waals surface area (Å²) in [6, 6.07) is 0. The molecule has 0 saturated heterocycles. The molecular weight excluding hydrogens is 226 g/mol. The second kappa shape index (κ2) is 5.73. The Morgan fingerprint density at radius 1 is 1.13 bits per heavy atom. The quantitative estimate of drug-likeness (QED) is 0.313. The smallest absolute Gasteiger partial charge is 0.268 e. The number of rotatable bonds is 7. The Balaban J connectivity index is 5.19. The monoisotopic (exact) mass is 243 g/mol. The van der Waals surface area contributed by atoms with E-state index >= 15 is 0 Å². The molecule has 1 atom stereocenters. The minimum atomic E-state index is -4.48. The summed E-state index contributed by atoms with van der Waals surface area (Å²) in [5.41, 5.74) is 3.49. The van der Waals surface area contributed by atoms with Crippen molar-refractivity contribution in [3.05, 3.63) is 0 Å². The first-order chi connectivity index (χ1) is 6.87. The lowest BCUT2D eigenvalue weighted by Crippen LogP contribution is -2.49. The first kappa shape index (κ1) is 14.8. The van der Waals surface area contributed by atoms with Gasteiger partial charge in [-0.1, -0.05) is 0 Å².